The second-order valence-electron chi connectivity index (χ2n) is 11.4. The number of anilines is 1. The molecule has 5 heterocycles. The Balaban J connectivity index is 1.33. The van der Waals surface area contributed by atoms with E-state index in [4.69, 9.17) is 21.3 Å². The lowest BCUT2D eigenvalue weighted by atomic mass is 9.95. The number of pyridine rings is 1. The number of piperidine rings is 1. The molecule has 0 amide bonds. The summed E-state index contributed by atoms with van der Waals surface area (Å²) in [6, 6.07) is 11.9. The topological polar surface area (TPSA) is 66.4 Å². The van der Waals surface area contributed by atoms with E-state index in [0.717, 1.165) is 36.7 Å². The highest BCUT2D eigenvalue weighted by molar-refractivity contribution is 6.36. The van der Waals surface area contributed by atoms with Crippen molar-refractivity contribution >= 4 is 39.1 Å². The zero-order valence-corrected chi connectivity index (χ0v) is 23.1. The summed E-state index contributed by atoms with van der Waals surface area (Å²) in [6.45, 7) is 2.62. The maximum Gasteiger partial charge on any atom is 0.319 e. The molecule has 2 atom stereocenters. The maximum atomic E-state index is 16.5. The van der Waals surface area contributed by atoms with Crippen LogP contribution in [-0.4, -0.2) is 77.4 Å². The van der Waals surface area contributed by atoms with Crippen molar-refractivity contribution in [3.05, 3.63) is 53.4 Å². The van der Waals surface area contributed by atoms with Gasteiger partial charge in [0.05, 0.1) is 5.39 Å². The molecule has 0 radical (unpaired) electrons. The van der Waals surface area contributed by atoms with Crippen LogP contribution >= 0.6 is 11.6 Å². The largest absolute Gasteiger partial charge is 0.460 e. The first kappa shape index (κ1) is 25.8. The fraction of sp³-hybridized carbons (Fsp3) is 0.433. The van der Waals surface area contributed by atoms with Crippen LogP contribution in [0.15, 0.2) is 42.6 Å². The normalized spacial score (nSPS) is 22.8. The van der Waals surface area contributed by atoms with Gasteiger partial charge in [0.25, 0.3) is 0 Å². The molecule has 2 aromatic heterocycles. The number of rotatable bonds is 5. The number of aromatic nitrogens is 3. The van der Waals surface area contributed by atoms with Gasteiger partial charge < -0.3 is 19.9 Å². The number of benzene rings is 2. The molecule has 2 bridgehead atoms. The van der Waals surface area contributed by atoms with Gasteiger partial charge in [-0.05, 0) is 44.2 Å². The Hall–Kier alpha value is -3.14. The Bertz CT molecular complexity index is 1580. The minimum atomic E-state index is -1.47. The van der Waals surface area contributed by atoms with E-state index in [1.807, 2.05) is 37.4 Å². The Morgan fingerprint density at radius 1 is 1.07 bits per heavy atom. The predicted molar refractivity (Wildman–Crippen MR) is 153 cm³/mol. The molecule has 208 valence electrons. The monoisotopic (exact) mass is 564 g/mol. The van der Waals surface area contributed by atoms with Crippen LogP contribution in [0.2, 0.25) is 5.02 Å². The highest BCUT2D eigenvalue weighted by atomic mass is 35.5. The van der Waals surface area contributed by atoms with E-state index in [2.05, 4.69) is 25.1 Å². The maximum absolute atomic E-state index is 16.5. The summed E-state index contributed by atoms with van der Waals surface area (Å²) < 4.78 is 37.9. The molecule has 7 rings (SSSR count). The molecule has 4 aromatic rings. The summed E-state index contributed by atoms with van der Waals surface area (Å²) in [5.41, 5.74) is -0.629. The van der Waals surface area contributed by atoms with Crippen molar-refractivity contribution in [3.8, 4) is 17.3 Å². The number of hydrogen-bond acceptors (Lipinski definition) is 7. The lowest BCUT2D eigenvalue weighted by Crippen LogP contribution is -2.51. The number of ether oxygens (including phenoxy) is 1. The van der Waals surface area contributed by atoms with Gasteiger partial charge in [-0.1, -0.05) is 41.9 Å². The molecule has 10 heteroatoms. The number of likely N-dealkylation sites (tertiary alicyclic amines) is 1. The van der Waals surface area contributed by atoms with Gasteiger partial charge >= 0.3 is 6.01 Å². The number of halogens is 3. The van der Waals surface area contributed by atoms with E-state index in [1.54, 1.807) is 12.3 Å². The number of piperazine rings is 1. The third kappa shape index (κ3) is 4.63. The third-order valence-corrected chi connectivity index (χ3v) is 8.93. The zero-order chi connectivity index (χ0) is 27.4. The molecule has 3 aliphatic heterocycles. The molecule has 0 aliphatic carbocycles. The fourth-order valence-corrected chi connectivity index (χ4v) is 6.62. The van der Waals surface area contributed by atoms with Crippen LogP contribution in [0.4, 0.5) is 14.6 Å². The summed E-state index contributed by atoms with van der Waals surface area (Å²) in [5, 5.41) is 6.26. The number of nitrogens with zero attached hydrogens (tertiary/aromatic N) is 5. The Morgan fingerprint density at radius 2 is 1.80 bits per heavy atom. The summed E-state index contributed by atoms with van der Waals surface area (Å²) in [5.74, 6) is -0.00522. The van der Waals surface area contributed by atoms with Crippen molar-refractivity contribution in [3.63, 3.8) is 0 Å². The minimum Gasteiger partial charge on any atom is -0.460 e. The molecule has 0 saturated carbocycles. The standard InChI is InChI=1S/C30H31ClF2N6O/c1-38-12-10-30(33,11-13-38)17-40-29-36-27-22(28(37-29)39-15-19-8-9-20(16-39)35-19)14-34-26(25(27)32)21-6-2-4-18-5-3-7-23(31)24(18)21/h2-7,14,19-20,35H,8-13,15-17H2,1H3. The van der Waals surface area contributed by atoms with Gasteiger partial charge in [-0.2, -0.15) is 9.97 Å². The Labute approximate surface area is 236 Å². The molecular formula is C30H31ClF2N6O. The molecule has 40 heavy (non-hydrogen) atoms. The average Bonchev–Trinajstić information content (AvgIpc) is 3.30. The van der Waals surface area contributed by atoms with E-state index in [-0.39, 0.29) is 23.8 Å². The van der Waals surface area contributed by atoms with Crippen LogP contribution < -0.4 is 15.0 Å². The Morgan fingerprint density at radius 3 is 2.55 bits per heavy atom. The number of alkyl halides is 1. The molecule has 7 nitrogen and oxygen atoms in total. The molecular weight excluding hydrogens is 534 g/mol. The summed E-state index contributed by atoms with van der Waals surface area (Å²) >= 11 is 6.56. The number of hydrogen-bond donors (Lipinski definition) is 1. The second-order valence-corrected chi connectivity index (χ2v) is 11.8. The SMILES string of the molecule is CN1CCC(F)(COc2nc(N3CC4CCC(C3)N4)c3cnc(-c4cccc5cccc(Cl)c45)c(F)c3n2)CC1. The van der Waals surface area contributed by atoms with Gasteiger partial charge in [-0.15, -0.1) is 0 Å². The van der Waals surface area contributed by atoms with Gasteiger partial charge in [0.15, 0.2) is 5.82 Å². The van der Waals surface area contributed by atoms with Crippen LogP contribution in [-0.2, 0) is 0 Å². The Kier molecular flexibility index (Phi) is 6.48. The molecule has 3 saturated heterocycles. The van der Waals surface area contributed by atoms with E-state index < -0.39 is 11.5 Å². The molecule has 3 fully saturated rings. The van der Waals surface area contributed by atoms with Gasteiger partial charge in [0.1, 0.15) is 29.3 Å². The number of fused-ring (bicyclic) bond motifs is 4. The van der Waals surface area contributed by atoms with Crippen molar-refractivity contribution in [1.29, 1.82) is 0 Å². The number of nitrogens with one attached hydrogen (secondary N) is 1. The molecule has 3 aliphatic rings. The first-order valence-electron chi connectivity index (χ1n) is 13.9. The van der Waals surface area contributed by atoms with E-state index in [9.17, 15) is 0 Å². The molecule has 0 spiro atoms. The fourth-order valence-electron chi connectivity index (χ4n) is 6.34. The summed E-state index contributed by atoms with van der Waals surface area (Å²) in [6.07, 6.45) is 4.56. The minimum absolute atomic E-state index is 0.0173. The lowest BCUT2D eigenvalue weighted by Gasteiger charge is -2.35. The van der Waals surface area contributed by atoms with Crippen LogP contribution in [0.25, 0.3) is 32.9 Å². The van der Waals surface area contributed by atoms with Crippen LogP contribution in [0, 0.1) is 5.82 Å². The van der Waals surface area contributed by atoms with Crippen molar-refractivity contribution in [2.45, 2.75) is 43.4 Å². The smallest absolute Gasteiger partial charge is 0.319 e. The van der Waals surface area contributed by atoms with Gasteiger partial charge in [-0.3, -0.25) is 4.98 Å². The van der Waals surface area contributed by atoms with Crippen molar-refractivity contribution in [2.75, 3.05) is 44.7 Å². The summed E-state index contributed by atoms with van der Waals surface area (Å²) in [4.78, 5) is 18.1. The van der Waals surface area contributed by atoms with Gasteiger partial charge in [0.2, 0.25) is 0 Å². The first-order chi connectivity index (χ1) is 19.4. The zero-order valence-electron chi connectivity index (χ0n) is 22.3. The third-order valence-electron chi connectivity index (χ3n) is 8.61. The molecule has 2 aromatic carbocycles. The average molecular weight is 565 g/mol. The molecule has 1 N–H and O–H groups in total. The van der Waals surface area contributed by atoms with E-state index in [1.165, 1.54) is 0 Å². The lowest BCUT2D eigenvalue weighted by molar-refractivity contribution is 0.0215. The second kappa shape index (κ2) is 10.0. The van der Waals surface area contributed by atoms with Crippen molar-refractivity contribution < 1.29 is 13.5 Å². The van der Waals surface area contributed by atoms with E-state index in [0.29, 0.717) is 59.8 Å². The highest BCUT2D eigenvalue weighted by Gasteiger charge is 2.36. The van der Waals surface area contributed by atoms with Gasteiger partial charge in [-0.25, -0.2) is 8.78 Å². The summed E-state index contributed by atoms with van der Waals surface area (Å²) in [7, 11) is 1.98. The van der Waals surface area contributed by atoms with Gasteiger partial charge in [0, 0.05) is 60.4 Å². The molecule has 2 unspecified atom stereocenters. The van der Waals surface area contributed by atoms with Crippen molar-refractivity contribution in [1.82, 2.24) is 25.2 Å². The quantitative estimate of drug-likeness (QED) is 0.348. The van der Waals surface area contributed by atoms with Crippen LogP contribution in [0.1, 0.15) is 25.7 Å². The van der Waals surface area contributed by atoms with E-state index >= 15 is 8.78 Å². The van der Waals surface area contributed by atoms with Crippen molar-refractivity contribution in [2.24, 2.45) is 0 Å². The van der Waals surface area contributed by atoms with Crippen LogP contribution in [0.5, 0.6) is 6.01 Å². The van der Waals surface area contributed by atoms with Crippen LogP contribution in [0.3, 0.4) is 0 Å². The predicted octanol–water partition coefficient (Wildman–Crippen LogP) is 5.39. The first-order valence-corrected chi connectivity index (χ1v) is 14.3. The highest BCUT2D eigenvalue weighted by Crippen LogP contribution is 2.38.